The summed E-state index contributed by atoms with van der Waals surface area (Å²) in [6.45, 7) is 8.66. The van der Waals surface area contributed by atoms with Crippen LogP contribution in [-0.4, -0.2) is 55.9 Å². The Morgan fingerprint density at radius 2 is 2.20 bits per heavy atom. The molecule has 2 rings (SSSR count). The van der Waals surface area contributed by atoms with Crippen LogP contribution in [0.4, 0.5) is 0 Å². The maximum atomic E-state index is 9.79. The van der Waals surface area contributed by atoms with Crippen LogP contribution in [0.5, 0.6) is 11.5 Å². The predicted molar refractivity (Wildman–Crippen MR) is 111 cm³/mol. The van der Waals surface area contributed by atoms with E-state index >= 15 is 0 Å². The van der Waals surface area contributed by atoms with Gasteiger partial charge >= 0.3 is 0 Å². The zero-order valence-corrected chi connectivity index (χ0v) is 17.7. The fourth-order valence-electron chi connectivity index (χ4n) is 2.92. The first kappa shape index (κ1) is 21.8. The van der Waals surface area contributed by atoms with E-state index in [0.29, 0.717) is 24.8 Å². The third kappa shape index (κ3) is 6.54. The van der Waals surface area contributed by atoms with Crippen molar-refractivity contribution >= 4 is 29.9 Å². The lowest BCUT2D eigenvalue weighted by Crippen LogP contribution is -2.40. The molecule has 0 bridgehead atoms. The van der Waals surface area contributed by atoms with Crippen molar-refractivity contribution in [3.05, 3.63) is 23.8 Å². The molecular formula is C18H30IN3O3. The summed E-state index contributed by atoms with van der Waals surface area (Å²) >= 11 is 0. The van der Waals surface area contributed by atoms with Gasteiger partial charge in [-0.05, 0) is 38.0 Å². The second kappa shape index (κ2) is 11.4. The van der Waals surface area contributed by atoms with Gasteiger partial charge in [-0.15, -0.1) is 24.0 Å². The number of phenols is 1. The van der Waals surface area contributed by atoms with Gasteiger partial charge in [0, 0.05) is 32.7 Å². The zero-order chi connectivity index (χ0) is 17.4. The summed E-state index contributed by atoms with van der Waals surface area (Å²) < 4.78 is 10.7. The first-order valence-corrected chi connectivity index (χ1v) is 8.64. The van der Waals surface area contributed by atoms with E-state index in [-0.39, 0.29) is 29.7 Å². The topological polar surface area (TPSA) is 66.3 Å². The molecule has 1 unspecified atom stereocenters. The minimum atomic E-state index is 0. The number of aromatic hydroxyl groups is 1. The largest absolute Gasteiger partial charge is 0.504 e. The number of aliphatic imine (C=N–C) groups is 1. The molecule has 142 valence electrons. The first-order valence-electron chi connectivity index (χ1n) is 8.64. The smallest absolute Gasteiger partial charge is 0.194 e. The number of likely N-dealkylation sites (tertiary alicyclic amines) is 1. The maximum absolute atomic E-state index is 9.79. The highest BCUT2D eigenvalue weighted by Gasteiger charge is 2.24. The second-order valence-corrected chi connectivity index (χ2v) is 5.96. The van der Waals surface area contributed by atoms with Crippen LogP contribution in [0.3, 0.4) is 0 Å². The van der Waals surface area contributed by atoms with Gasteiger partial charge in [0.25, 0.3) is 0 Å². The van der Waals surface area contributed by atoms with E-state index in [9.17, 15) is 5.11 Å². The Morgan fingerprint density at radius 1 is 1.40 bits per heavy atom. The molecule has 1 fully saturated rings. The van der Waals surface area contributed by atoms with Gasteiger partial charge in [0.1, 0.15) is 0 Å². The number of rotatable bonds is 7. The molecule has 1 aromatic rings. The average Bonchev–Trinajstić information content (AvgIpc) is 3.03. The van der Waals surface area contributed by atoms with Crippen molar-refractivity contribution in [3.63, 3.8) is 0 Å². The van der Waals surface area contributed by atoms with Gasteiger partial charge in [0.15, 0.2) is 17.5 Å². The Hall–Kier alpha value is -1.22. The summed E-state index contributed by atoms with van der Waals surface area (Å²) in [5.74, 6) is 2.18. The second-order valence-electron chi connectivity index (χ2n) is 5.96. The van der Waals surface area contributed by atoms with Crippen molar-refractivity contribution in [1.82, 2.24) is 10.2 Å². The van der Waals surface area contributed by atoms with E-state index < -0.39 is 0 Å². The number of ether oxygens (including phenoxy) is 2. The Morgan fingerprint density at radius 3 is 2.88 bits per heavy atom. The van der Waals surface area contributed by atoms with Crippen LogP contribution in [0.2, 0.25) is 0 Å². The van der Waals surface area contributed by atoms with Gasteiger partial charge in [0.05, 0.1) is 19.8 Å². The fourth-order valence-corrected chi connectivity index (χ4v) is 2.92. The Bertz CT molecular complexity index is 554. The molecule has 7 heteroatoms. The van der Waals surface area contributed by atoms with Crippen molar-refractivity contribution in [3.8, 4) is 11.5 Å². The van der Waals surface area contributed by atoms with Gasteiger partial charge in [-0.1, -0.05) is 6.07 Å². The van der Waals surface area contributed by atoms with Crippen LogP contribution >= 0.6 is 24.0 Å². The molecule has 0 amide bonds. The molecule has 0 aromatic heterocycles. The lowest BCUT2D eigenvalue weighted by atomic mass is 10.1. The van der Waals surface area contributed by atoms with E-state index in [4.69, 9.17) is 14.5 Å². The quantitative estimate of drug-likeness (QED) is 0.370. The van der Waals surface area contributed by atoms with Crippen LogP contribution in [0.1, 0.15) is 25.8 Å². The molecule has 0 saturated carbocycles. The molecule has 1 saturated heterocycles. The summed E-state index contributed by atoms with van der Waals surface area (Å²) in [6, 6.07) is 5.39. The van der Waals surface area contributed by atoms with E-state index in [2.05, 4.69) is 17.1 Å². The number of nitrogens with one attached hydrogen (secondary N) is 1. The van der Waals surface area contributed by atoms with Crippen LogP contribution in [0.15, 0.2) is 23.2 Å². The normalized spacial score (nSPS) is 17.3. The third-order valence-electron chi connectivity index (χ3n) is 4.06. The molecule has 1 aliphatic rings. The fraction of sp³-hybridized carbons (Fsp3) is 0.611. The highest BCUT2D eigenvalue weighted by Crippen LogP contribution is 2.27. The summed E-state index contributed by atoms with van der Waals surface area (Å²) in [4.78, 5) is 7.03. The van der Waals surface area contributed by atoms with E-state index in [1.807, 2.05) is 19.1 Å². The standard InChI is InChI=1S/C18H29N3O3.HI/c1-4-19-18(21-9-8-15(12-21)13-23-3)20-11-14-6-7-16(22)17(10-14)24-5-2;/h6-7,10,15,22H,4-5,8-9,11-13H2,1-3H3,(H,19,20);1H. The minimum Gasteiger partial charge on any atom is -0.504 e. The van der Waals surface area contributed by atoms with E-state index in [1.165, 1.54) is 0 Å². The van der Waals surface area contributed by atoms with Gasteiger partial charge in [-0.2, -0.15) is 0 Å². The van der Waals surface area contributed by atoms with E-state index in [1.54, 1.807) is 13.2 Å². The van der Waals surface area contributed by atoms with Crippen molar-refractivity contribution in [2.24, 2.45) is 10.9 Å². The maximum Gasteiger partial charge on any atom is 0.194 e. The Kier molecular flexibility index (Phi) is 9.96. The Balaban J connectivity index is 0.00000312. The van der Waals surface area contributed by atoms with Gasteiger partial charge in [0.2, 0.25) is 0 Å². The molecule has 1 aromatic carbocycles. The summed E-state index contributed by atoms with van der Waals surface area (Å²) in [7, 11) is 1.75. The predicted octanol–water partition coefficient (Wildman–Crippen LogP) is 2.84. The molecule has 2 N–H and O–H groups in total. The average molecular weight is 463 g/mol. The monoisotopic (exact) mass is 463 g/mol. The molecule has 0 spiro atoms. The van der Waals surface area contributed by atoms with Crippen LogP contribution in [-0.2, 0) is 11.3 Å². The minimum absolute atomic E-state index is 0. The van der Waals surface area contributed by atoms with Crippen LogP contribution < -0.4 is 10.1 Å². The molecule has 6 nitrogen and oxygen atoms in total. The third-order valence-corrected chi connectivity index (χ3v) is 4.06. The zero-order valence-electron chi connectivity index (χ0n) is 15.3. The molecule has 25 heavy (non-hydrogen) atoms. The molecule has 0 radical (unpaired) electrons. The van der Waals surface area contributed by atoms with Crippen molar-refractivity contribution in [1.29, 1.82) is 0 Å². The number of hydrogen-bond acceptors (Lipinski definition) is 4. The number of benzene rings is 1. The van der Waals surface area contributed by atoms with E-state index in [0.717, 1.165) is 44.2 Å². The van der Waals surface area contributed by atoms with Crippen molar-refractivity contribution in [2.75, 3.05) is 40.0 Å². The summed E-state index contributed by atoms with van der Waals surface area (Å²) in [6.07, 6.45) is 1.13. The first-order chi connectivity index (χ1) is 11.7. The molecular weight excluding hydrogens is 433 g/mol. The number of hydrogen-bond donors (Lipinski definition) is 2. The molecule has 0 aliphatic carbocycles. The summed E-state index contributed by atoms with van der Waals surface area (Å²) in [5, 5.41) is 13.1. The van der Waals surface area contributed by atoms with Gasteiger partial charge in [-0.3, -0.25) is 0 Å². The number of guanidine groups is 1. The molecule has 1 heterocycles. The highest BCUT2D eigenvalue weighted by molar-refractivity contribution is 14.0. The van der Waals surface area contributed by atoms with Crippen LogP contribution in [0.25, 0.3) is 0 Å². The lowest BCUT2D eigenvalue weighted by molar-refractivity contribution is 0.157. The van der Waals surface area contributed by atoms with Crippen molar-refractivity contribution in [2.45, 2.75) is 26.8 Å². The SMILES string of the molecule is CCNC(=NCc1ccc(O)c(OCC)c1)N1CCC(COC)C1.I. The summed E-state index contributed by atoms with van der Waals surface area (Å²) in [5.41, 5.74) is 1.01. The molecule has 1 atom stereocenters. The number of phenolic OH excluding ortho intramolecular Hbond substituents is 1. The number of halogens is 1. The highest BCUT2D eigenvalue weighted by atomic mass is 127. The molecule has 1 aliphatic heterocycles. The van der Waals surface area contributed by atoms with Gasteiger partial charge in [-0.25, -0.2) is 4.99 Å². The number of nitrogens with zero attached hydrogens (tertiary/aromatic N) is 2. The Labute approximate surface area is 167 Å². The van der Waals surface area contributed by atoms with Crippen molar-refractivity contribution < 1.29 is 14.6 Å². The van der Waals surface area contributed by atoms with Gasteiger partial charge < -0.3 is 24.8 Å². The lowest BCUT2D eigenvalue weighted by Gasteiger charge is -2.21. The van der Waals surface area contributed by atoms with Crippen LogP contribution in [0, 0.1) is 5.92 Å². The number of methoxy groups -OCH3 is 1.